The highest BCUT2D eigenvalue weighted by Crippen LogP contribution is 2.13. The van der Waals surface area contributed by atoms with Gasteiger partial charge >= 0.3 is 5.97 Å². The second-order valence-corrected chi connectivity index (χ2v) is 4.24. The number of rotatable bonds is 6. The zero-order valence-electron chi connectivity index (χ0n) is 10.6. The van der Waals surface area contributed by atoms with E-state index in [2.05, 4.69) is 13.8 Å². The predicted molar refractivity (Wildman–Crippen MR) is 69.6 cm³/mol. The minimum Gasteiger partial charge on any atom is -0.465 e. The number of benzene rings is 1. The summed E-state index contributed by atoms with van der Waals surface area (Å²) in [7, 11) is 0. The molecular weight excluding hydrogens is 214 g/mol. The van der Waals surface area contributed by atoms with Gasteiger partial charge in [0.25, 0.3) is 0 Å². The Morgan fingerprint density at radius 1 is 1.29 bits per heavy atom. The molecule has 0 bridgehead atoms. The van der Waals surface area contributed by atoms with Crippen LogP contribution in [0.3, 0.4) is 0 Å². The van der Waals surface area contributed by atoms with Crippen LogP contribution in [-0.4, -0.2) is 12.6 Å². The molecule has 1 aromatic carbocycles. The lowest BCUT2D eigenvalue weighted by atomic mass is 10.1. The summed E-state index contributed by atoms with van der Waals surface area (Å²) in [4.78, 5) is 11.6. The molecule has 0 fully saturated rings. The highest BCUT2D eigenvalue weighted by molar-refractivity contribution is 5.74. The Balaban J connectivity index is 2.42. The van der Waals surface area contributed by atoms with Crippen molar-refractivity contribution in [1.29, 1.82) is 0 Å². The SMILES string of the molecule is CCC(CC)COC(=O)Cc1ccccc1N. The largest absolute Gasteiger partial charge is 0.465 e. The van der Waals surface area contributed by atoms with Crippen molar-refractivity contribution < 1.29 is 9.53 Å². The predicted octanol–water partition coefficient (Wildman–Crippen LogP) is 2.79. The van der Waals surface area contributed by atoms with E-state index in [1.54, 1.807) is 6.07 Å². The van der Waals surface area contributed by atoms with E-state index in [1.807, 2.05) is 18.2 Å². The summed E-state index contributed by atoms with van der Waals surface area (Å²) in [5, 5.41) is 0. The number of esters is 1. The van der Waals surface area contributed by atoms with E-state index < -0.39 is 0 Å². The highest BCUT2D eigenvalue weighted by Gasteiger charge is 2.10. The van der Waals surface area contributed by atoms with E-state index >= 15 is 0 Å². The lowest BCUT2D eigenvalue weighted by Gasteiger charge is -2.12. The van der Waals surface area contributed by atoms with E-state index in [4.69, 9.17) is 10.5 Å². The Labute approximate surface area is 103 Å². The molecule has 0 saturated heterocycles. The van der Waals surface area contributed by atoms with Gasteiger partial charge in [-0.2, -0.15) is 0 Å². The van der Waals surface area contributed by atoms with Crippen molar-refractivity contribution in [1.82, 2.24) is 0 Å². The molecule has 1 rings (SSSR count). The number of carbonyl (C=O) groups is 1. The van der Waals surface area contributed by atoms with E-state index in [-0.39, 0.29) is 12.4 Å². The molecule has 0 heterocycles. The Bertz CT molecular complexity index is 359. The Kier molecular flexibility index (Phi) is 5.53. The number of ether oxygens (including phenoxy) is 1. The number of carbonyl (C=O) groups excluding carboxylic acids is 1. The molecule has 0 aliphatic carbocycles. The minimum absolute atomic E-state index is 0.199. The molecule has 17 heavy (non-hydrogen) atoms. The number of anilines is 1. The van der Waals surface area contributed by atoms with Crippen molar-refractivity contribution >= 4 is 11.7 Å². The molecule has 0 saturated carbocycles. The van der Waals surface area contributed by atoms with Gasteiger partial charge < -0.3 is 10.5 Å². The molecule has 0 amide bonds. The first-order chi connectivity index (χ1) is 8.17. The summed E-state index contributed by atoms with van der Waals surface area (Å²) in [6, 6.07) is 7.38. The van der Waals surface area contributed by atoms with Crippen LogP contribution in [0.1, 0.15) is 32.3 Å². The zero-order valence-corrected chi connectivity index (χ0v) is 10.6. The fourth-order valence-electron chi connectivity index (χ4n) is 1.64. The average Bonchev–Trinajstić information content (AvgIpc) is 2.33. The van der Waals surface area contributed by atoms with Crippen LogP contribution in [-0.2, 0) is 16.0 Å². The third-order valence-electron chi connectivity index (χ3n) is 3.02. The summed E-state index contributed by atoms with van der Waals surface area (Å²) in [5.74, 6) is 0.266. The highest BCUT2D eigenvalue weighted by atomic mass is 16.5. The molecule has 0 aromatic heterocycles. The number of para-hydroxylation sites is 1. The first-order valence-electron chi connectivity index (χ1n) is 6.16. The fourth-order valence-corrected chi connectivity index (χ4v) is 1.64. The van der Waals surface area contributed by atoms with Crippen LogP contribution in [0.25, 0.3) is 0 Å². The van der Waals surface area contributed by atoms with E-state index in [0.717, 1.165) is 18.4 Å². The van der Waals surface area contributed by atoms with Crippen molar-refractivity contribution in [3.63, 3.8) is 0 Å². The topological polar surface area (TPSA) is 52.3 Å². The van der Waals surface area contributed by atoms with Crippen molar-refractivity contribution in [2.24, 2.45) is 5.92 Å². The van der Waals surface area contributed by atoms with E-state index in [9.17, 15) is 4.79 Å². The zero-order chi connectivity index (χ0) is 12.7. The maximum atomic E-state index is 11.6. The van der Waals surface area contributed by atoms with Crippen LogP contribution in [0.5, 0.6) is 0 Å². The van der Waals surface area contributed by atoms with Crippen LogP contribution in [0.15, 0.2) is 24.3 Å². The molecular formula is C14H21NO2. The van der Waals surface area contributed by atoms with Crippen molar-refractivity contribution in [2.75, 3.05) is 12.3 Å². The van der Waals surface area contributed by atoms with Gasteiger partial charge in [0.1, 0.15) is 0 Å². The van der Waals surface area contributed by atoms with Gasteiger partial charge in [0.2, 0.25) is 0 Å². The Morgan fingerprint density at radius 3 is 2.53 bits per heavy atom. The third-order valence-corrected chi connectivity index (χ3v) is 3.02. The van der Waals surface area contributed by atoms with E-state index in [1.165, 1.54) is 0 Å². The summed E-state index contributed by atoms with van der Waals surface area (Å²) in [6.45, 7) is 4.73. The molecule has 94 valence electrons. The molecule has 0 aliphatic heterocycles. The molecule has 0 unspecified atom stereocenters. The van der Waals surface area contributed by atoms with Crippen LogP contribution in [0.2, 0.25) is 0 Å². The second kappa shape index (κ2) is 6.94. The first-order valence-corrected chi connectivity index (χ1v) is 6.16. The molecule has 1 aromatic rings. The molecule has 3 heteroatoms. The number of nitrogens with two attached hydrogens (primary N) is 1. The van der Waals surface area contributed by atoms with Gasteiger partial charge in [-0.1, -0.05) is 44.9 Å². The third kappa shape index (κ3) is 4.47. The van der Waals surface area contributed by atoms with Gasteiger partial charge in [0, 0.05) is 5.69 Å². The van der Waals surface area contributed by atoms with Crippen LogP contribution < -0.4 is 5.73 Å². The molecule has 0 spiro atoms. The normalized spacial score (nSPS) is 10.5. The van der Waals surface area contributed by atoms with Gasteiger partial charge in [0.05, 0.1) is 13.0 Å². The molecule has 0 aliphatic rings. The summed E-state index contributed by atoms with van der Waals surface area (Å²) in [6.07, 6.45) is 2.33. The maximum Gasteiger partial charge on any atom is 0.310 e. The van der Waals surface area contributed by atoms with Gasteiger partial charge in [-0.15, -0.1) is 0 Å². The lowest BCUT2D eigenvalue weighted by molar-refractivity contribution is -0.144. The van der Waals surface area contributed by atoms with Gasteiger partial charge in [-0.25, -0.2) is 0 Å². The fraction of sp³-hybridized carbons (Fsp3) is 0.500. The van der Waals surface area contributed by atoms with Gasteiger partial charge in [0.15, 0.2) is 0 Å². The van der Waals surface area contributed by atoms with Crippen molar-refractivity contribution in [2.45, 2.75) is 33.1 Å². The van der Waals surface area contributed by atoms with Crippen molar-refractivity contribution in [3.05, 3.63) is 29.8 Å². The lowest BCUT2D eigenvalue weighted by Crippen LogP contribution is -2.15. The van der Waals surface area contributed by atoms with Crippen LogP contribution in [0.4, 0.5) is 5.69 Å². The van der Waals surface area contributed by atoms with Gasteiger partial charge in [-0.05, 0) is 17.5 Å². The molecule has 3 nitrogen and oxygen atoms in total. The summed E-state index contributed by atoms with van der Waals surface area (Å²) < 4.78 is 5.25. The smallest absolute Gasteiger partial charge is 0.310 e. The summed E-state index contributed by atoms with van der Waals surface area (Å²) >= 11 is 0. The van der Waals surface area contributed by atoms with E-state index in [0.29, 0.717) is 18.2 Å². The van der Waals surface area contributed by atoms with Gasteiger partial charge in [-0.3, -0.25) is 4.79 Å². The molecule has 2 N–H and O–H groups in total. The summed E-state index contributed by atoms with van der Waals surface area (Å²) in [5.41, 5.74) is 7.25. The second-order valence-electron chi connectivity index (χ2n) is 4.24. The monoisotopic (exact) mass is 235 g/mol. The standard InChI is InChI=1S/C14H21NO2/c1-3-11(4-2)10-17-14(16)9-12-7-5-6-8-13(12)15/h5-8,11H,3-4,9-10,15H2,1-2H3. The molecule has 0 atom stereocenters. The quantitative estimate of drug-likeness (QED) is 0.609. The van der Waals surface area contributed by atoms with Crippen LogP contribution in [0, 0.1) is 5.92 Å². The number of hydrogen-bond acceptors (Lipinski definition) is 3. The Hall–Kier alpha value is -1.51. The van der Waals surface area contributed by atoms with Crippen molar-refractivity contribution in [3.8, 4) is 0 Å². The Morgan fingerprint density at radius 2 is 1.94 bits per heavy atom. The first kappa shape index (κ1) is 13.6. The molecule has 0 radical (unpaired) electrons. The average molecular weight is 235 g/mol. The number of hydrogen-bond donors (Lipinski definition) is 1. The maximum absolute atomic E-state index is 11.6. The van der Waals surface area contributed by atoms with Crippen LogP contribution >= 0.6 is 0 Å². The number of nitrogen functional groups attached to an aromatic ring is 1. The minimum atomic E-state index is -0.199.